The number of ether oxygens (including phenoxy) is 1. The molecule has 2 rings (SSSR count). The van der Waals surface area contributed by atoms with Crippen LogP contribution in [0.4, 0.5) is 17.6 Å². The van der Waals surface area contributed by atoms with Gasteiger partial charge in [0.25, 0.3) is 0 Å². The number of rotatable bonds is 4. The number of hydrogen-bond acceptors (Lipinski definition) is 5. The Hall–Kier alpha value is -2.10. The molecule has 0 saturated carbocycles. The van der Waals surface area contributed by atoms with Crippen LogP contribution in [-0.2, 0) is 20.3 Å². The lowest BCUT2D eigenvalue weighted by atomic mass is 10.1. The zero-order chi connectivity index (χ0) is 20.0. The summed E-state index contributed by atoms with van der Waals surface area (Å²) < 4.78 is 88.3. The lowest BCUT2D eigenvalue weighted by Crippen LogP contribution is -2.29. The summed E-state index contributed by atoms with van der Waals surface area (Å²) in [5.41, 5.74) is -1.88. The predicted molar refractivity (Wildman–Crippen MR) is 84.4 cm³/mol. The number of hydrogen-bond donors (Lipinski definition) is 0. The summed E-state index contributed by atoms with van der Waals surface area (Å²) in [5, 5.41) is -1.00. The summed E-state index contributed by atoms with van der Waals surface area (Å²) in [6, 6.07) is 0. The van der Waals surface area contributed by atoms with Gasteiger partial charge < -0.3 is 9.15 Å². The van der Waals surface area contributed by atoms with Gasteiger partial charge in [0, 0.05) is 0 Å². The smallest absolute Gasteiger partial charge is 0.342 e. The Morgan fingerprint density at radius 3 is 2.08 bits per heavy atom. The zero-order valence-electron chi connectivity index (χ0n) is 14.4. The molecule has 0 spiro atoms. The zero-order valence-corrected chi connectivity index (χ0v) is 15.2. The molecule has 1 aromatic heterocycles. The summed E-state index contributed by atoms with van der Waals surface area (Å²) in [5.74, 6) is -10.8. The normalized spacial score (nSPS) is 12.6. The Kier molecular flexibility index (Phi) is 5.10. The van der Waals surface area contributed by atoms with E-state index in [4.69, 9.17) is 9.15 Å². The molecule has 0 aliphatic rings. The molecule has 144 valence electrons. The van der Waals surface area contributed by atoms with Crippen LogP contribution in [0, 0.1) is 23.3 Å². The van der Waals surface area contributed by atoms with Crippen LogP contribution in [0.3, 0.4) is 0 Å². The fourth-order valence-electron chi connectivity index (χ4n) is 2.15. The van der Waals surface area contributed by atoms with Crippen molar-refractivity contribution in [2.45, 2.75) is 38.2 Å². The first-order valence-electron chi connectivity index (χ1n) is 7.50. The van der Waals surface area contributed by atoms with Gasteiger partial charge in [-0.15, -0.1) is 0 Å². The molecule has 2 aromatic rings. The maximum absolute atomic E-state index is 14.2. The minimum atomic E-state index is -3.95. The molecule has 0 radical (unpaired) electrons. The quantitative estimate of drug-likeness (QED) is 0.339. The molecule has 0 saturated heterocycles. The van der Waals surface area contributed by atoms with Crippen LogP contribution in [0.1, 0.15) is 43.8 Å². The molecule has 5 nitrogen and oxygen atoms in total. The van der Waals surface area contributed by atoms with E-state index in [0.717, 1.165) is 0 Å². The Labute approximate surface area is 146 Å². The molecule has 10 heteroatoms. The van der Waals surface area contributed by atoms with Crippen molar-refractivity contribution in [2.75, 3.05) is 6.61 Å². The van der Waals surface area contributed by atoms with Crippen molar-refractivity contribution in [3.05, 3.63) is 34.6 Å². The standard InChI is InChI=1S/C16H16F4O5S/c1-5-24-15(21)8-7(6-26(22,23)16(2,3)4)25-14-9(8)10(17)11(18)12(19)13(14)20/h5-6H2,1-4H3. The number of esters is 1. The SMILES string of the molecule is CCOC(=O)c1c(CS(=O)(=O)C(C)(C)C)oc2c(F)c(F)c(F)c(F)c12. The molecule has 0 amide bonds. The highest BCUT2D eigenvalue weighted by Crippen LogP contribution is 2.36. The van der Waals surface area contributed by atoms with Crippen molar-refractivity contribution in [1.29, 1.82) is 0 Å². The van der Waals surface area contributed by atoms with Gasteiger partial charge in [-0.3, -0.25) is 0 Å². The molecule has 0 N–H and O–H groups in total. The van der Waals surface area contributed by atoms with E-state index in [9.17, 15) is 30.8 Å². The van der Waals surface area contributed by atoms with Gasteiger partial charge in [-0.2, -0.15) is 4.39 Å². The van der Waals surface area contributed by atoms with Crippen molar-refractivity contribution in [2.24, 2.45) is 0 Å². The van der Waals surface area contributed by atoms with Gasteiger partial charge in [0.15, 0.2) is 27.1 Å². The van der Waals surface area contributed by atoms with Gasteiger partial charge in [0.2, 0.25) is 11.6 Å². The van der Waals surface area contributed by atoms with E-state index in [0.29, 0.717) is 0 Å². The highest BCUT2D eigenvalue weighted by atomic mass is 32.2. The maximum atomic E-state index is 14.2. The molecule has 1 heterocycles. The van der Waals surface area contributed by atoms with Crippen LogP contribution >= 0.6 is 0 Å². The maximum Gasteiger partial charge on any atom is 0.342 e. The second-order valence-corrected chi connectivity index (χ2v) is 9.20. The van der Waals surface area contributed by atoms with Gasteiger partial charge in [-0.25, -0.2) is 26.4 Å². The first kappa shape index (κ1) is 20.2. The van der Waals surface area contributed by atoms with Crippen molar-refractivity contribution in [3.63, 3.8) is 0 Å². The van der Waals surface area contributed by atoms with Gasteiger partial charge in [0.1, 0.15) is 17.1 Å². The van der Waals surface area contributed by atoms with E-state index in [1.807, 2.05) is 0 Å². The van der Waals surface area contributed by atoms with E-state index in [-0.39, 0.29) is 6.61 Å². The highest BCUT2D eigenvalue weighted by Gasteiger charge is 2.36. The van der Waals surface area contributed by atoms with Gasteiger partial charge in [-0.05, 0) is 27.7 Å². The van der Waals surface area contributed by atoms with Crippen molar-refractivity contribution < 1.29 is 39.9 Å². The largest absolute Gasteiger partial charge is 0.462 e. The fraction of sp³-hybridized carbons (Fsp3) is 0.438. The van der Waals surface area contributed by atoms with Crippen LogP contribution in [0.15, 0.2) is 4.42 Å². The lowest BCUT2D eigenvalue weighted by molar-refractivity contribution is 0.0526. The summed E-state index contributed by atoms with van der Waals surface area (Å²) in [4.78, 5) is 12.2. The number of furan rings is 1. The Bertz CT molecular complexity index is 987. The monoisotopic (exact) mass is 396 g/mol. The average Bonchev–Trinajstić information content (AvgIpc) is 2.88. The summed E-state index contributed by atoms with van der Waals surface area (Å²) in [7, 11) is -3.95. The second-order valence-electron chi connectivity index (χ2n) is 6.45. The molecule has 0 atom stereocenters. The van der Waals surface area contributed by atoms with Crippen molar-refractivity contribution >= 4 is 26.8 Å². The summed E-state index contributed by atoms with van der Waals surface area (Å²) in [6.07, 6.45) is 0. The number of fused-ring (bicyclic) bond motifs is 1. The fourth-order valence-corrected chi connectivity index (χ4v) is 3.14. The molecular formula is C16H16F4O5S. The number of carbonyl (C=O) groups is 1. The minimum absolute atomic E-state index is 0.176. The van der Waals surface area contributed by atoms with Crippen LogP contribution in [0.25, 0.3) is 11.0 Å². The minimum Gasteiger partial charge on any atom is -0.462 e. The average molecular weight is 396 g/mol. The predicted octanol–water partition coefficient (Wildman–Crippen LogP) is 3.88. The van der Waals surface area contributed by atoms with E-state index < -0.39 is 71.9 Å². The molecule has 0 fully saturated rings. The lowest BCUT2D eigenvalue weighted by Gasteiger charge is -2.18. The van der Waals surface area contributed by atoms with Crippen molar-refractivity contribution in [3.8, 4) is 0 Å². The first-order valence-corrected chi connectivity index (χ1v) is 9.15. The van der Waals surface area contributed by atoms with Gasteiger partial charge in [0.05, 0.1) is 16.7 Å². The van der Waals surface area contributed by atoms with Crippen molar-refractivity contribution in [1.82, 2.24) is 0 Å². The Morgan fingerprint density at radius 2 is 1.58 bits per heavy atom. The third-order valence-corrected chi connectivity index (χ3v) is 6.22. The van der Waals surface area contributed by atoms with E-state index in [2.05, 4.69) is 0 Å². The van der Waals surface area contributed by atoms with E-state index in [1.165, 1.54) is 27.7 Å². The third-order valence-electron chi connectivity index (χ3n) is 3.71. The molecule has 1 aromatic carbocycles. The van der Waals surface area contributed by atoms with E-state index >= 15 is 0 Å². The topological polar surface area (TPSA) is 73.6 Å². The van der Waals surface area contributed by atoms with Crippen LogP contribution in [0.2, 0.25) is 0 Å². The summed E-state index contributed by atoms with van der Waals surface area (Å²) >= 11 is 0. The Balaban J connectivity index is 2.87. The van der Waals surface area contributed by atoms with Gasteiger partial charge >= 0.3 is 5.97 Å². The highest BCUT2D eigenvalue weighted by molar-refractivity contribution is 7.91. The third kappa shape index (κ3) is 3.17. The Morgan fingerprint density at radius 1 is 1.04 bits per heavy atom. The summed E-state index contributed by atoms with van der Waals surface area (Å²) in [6.45, 7) is 5.36. The number of benzene rings is 1. The number of sulfone groups is 1. The molecule has 0 aliphatic heterocycles. The molecule has 26 heavy (non-hydrogen) atoms. The van der Waals surface area contributed by atoms with Crippen LogP contribution < -0.4 is 0 Å². The van der Waals surface area contributed by atoms with Crippen LogP contribution in [-0.4, -0.2) is 25.7 Å². The molecule has 0 aliphatic carbocycles. The molecular weight excluding hydrogens is 380 g/mol. The first-order chi connectivity index (χ1) is 11.8. The van der Waals surface area contributed by atoms with Gasteiger partial charge in [-0.1, -0.05) is 0 Å². The van der Waals surface area contributed by atoms with Crippen LogP contribution in [0.5, 0.6) is 0 Å². The number of carbonyl (C=O) groups excluding carboxylic acids is 1. The molecule has 0 unspecified atom stereocenters. The second kappa shape index (κ2) is 6.57. The van der Waals surface area contributed by atoms with E-state index in [1.54, 1.807) is 0 Å². The molecule has 0 bridgehead atoms. The number of halogens is 4.